The van der Waals surface area contributed by atoms with Crippen LogP contribution in [0, 0.1) is 23.1 Å². The molecule has 15 heavy (non-hydrogen) atoms. The molecule has 2 rings (SSSR count). The molecule has 1 fully saturated rings. The second-order valence-corrected chi connectivity index (χ2v) is 4.11. The maximum atomic E-state index is 13.1. The first-order valence-electron chi connectivity index (χ1n) is 5.16. The Balaban J connectivity index is 2.13. The van der Waals surface area contributed by atoms with Crippen LogP contribution in [0.3, 0.4) is 0 Å². The lowest BCUT2D eigenvalue weighted by Crippen LogP contribution is -2.17. The molecule has 2 nitrogen and oxygen atoms in total. The number of benzene rings is 1. The number of nitrogens with zero attached hydrogens (tertiary/aromatic N) is 1. The summed E-state index contributed by atoms with van der Waals surface area (Å²) >= 11 is 0. The molecule has 0 spiro atoms. The summed E-state index contributed by atoms with van der Waals surface area (Å²) in [5, 5.41) is 11.9. The highest BCUT2D eigenvalue weighted by molar-refractivity contribution is 5.50. The molecule has 1 atom stereocenters. The van der Waals surface area contributed by atoms with Crippen molar-refractivity contribution in [3.8, 4) is 6.07 Å². The van der Waals surface area contributed by atoms with Gasteiger partial charge in [0.15, 0.2) is 0 Å². The monoisotopic (exact) mass is 204 g/mol. The minimum absolute atomic E-state index is 0.360. The molecule has 0 bridgehead atoms. The lowest BCUT2D eigenvalue weighted by molar-refractivity contribution is 0.626. The second kappa shape index (κ2) is 3.90. The van der Waals surface area contributed by atoms with Crippen LogP contribution < -0.4 is 5.32 Å². The van der Waals surface area contributed by atoms with E-state index in [2.05, 4.69) is 12.2 Å². The molecule has 78 valence electrons. The van der Waals surface area contributed by atoms with Gasteiger partial charge >= 0.3 is 0 Å². The quantitative estimate of drug-likeness (QED) is 0.821. The van der Waals surface area contributed by atoms with Crippen molar-refractivity contribution < 1.29 is 4.39 Å². The third kappa shape index (κ3) is 2.47. The van der Waals surface area contributed by atoms with Crippen molar-refractivity contribution in [1.82, 2.24) is 0 Å². The van der Waals surface area contributed by atoms with E-state index in [0.29, 0.717) is 23.2 Å². The lowest BCUT2D eigenvalue weighted by Gasteiger charge is -2.14. The molecule has 1 saturated carbocycles. The topological polar surface area (TPSA) is 35.8 Å². The summed E-state index contributed by atoms with van der Waals surface area (Å²) < 4.78 is 13.1. The number of rotatable bonds is 3. The predicted octanol–water partition coefficient (Wildman–Crippen LogP) is 2.91. The Labute approximate surface area is 88.7 Å². The minimum atomic E-state index is -0.362. The van der Waals surface area contributed by atoms with Crippen molar-refractivity contribution in [1.29, 1.82) is 5.26 Å². The Morgan fingerprint density at radius 1 is 1.47 bits per heavy atom. The predicted molar refractivity (Wildman–Crippen MR) is 56.9 cm³/mol. The molecule has 0 saturated heterocycles. The molecule has 1 aliphatic carbocycles. The van der Waals surface area contributed by atoms with Crippen LogP contribution in [-0.4, -0.2) is 6.04 Å². The van der Waals surface area contributed by atoms with Crippen molar-refractivity contribution in [2.75, 3.05) is 5.32 Å². The molecule has 0 amide bonds. The highest BCUT2D eigenvalue weighted by atomic mass is 19.1. The van der Waals surface area contributed by atoms with E-state index in [1.807, 2.05) is 6.07 Å². The summed E-state index contributed by atoms with van der Waals surface area (Å²) in [5.74, 6) is 0.346. The van der Waals surface area contributed by atoms with Gasteiger partial charge in [0.25, 0.3) is 0 Å². The van der Waals surface area contributed by atoms with Crippen molar-refractivity contribution in [3.63, 3.8) is 0 Å². The largest absolute Gasteiger partial charge is 0.382 e. The van der Waals surface area contributed by atoms with Gasteiger partial charge in [-0.25, -0.2) is 4.39 Å². The lowest BCUT2D eigenvalue weighted by atomic mass is 10.1. The van der Waals surface area contributed by atoms with E-state index in [1.54, 1.807) is 6.07 Å². The Morgan fingerprint density at radius 2 is 2.20 bits per heavy atom. The molecule has 0 aromatic heterocycles. The molecule has 0 heterocycles. The first-order chi connectivity index (χ1) is 7.19. The van der Waals surface area contributed by atoms with E-state index in [0.717, 1.165) is 0 Å². The van der Waals surface area contributed by atoms with Gasteiger partial charge in [-0.2, -0.15) is 5.26 Å². The van der Waals surface area contributed by atoms with Crippen LogP contribution in [-0.2, 0) is 0 Å². The fraction of sp³-hybridized carbons (Fsp3) is 0.417. The van der Waals surface area contributed by atoms with Gasteiger partial charge in [-0.05, 0) is 43.9 Å². The molecule has 1 aromatic carbocycles. The number of anilines is 1. The van der Waals surface area contributed by atoms with Crippen LogP contribution >= 0.6 is 0 Å². The van der Waals surface area contributed by atoms with E-state index in [4.69, 9.17) is 5.26 Å². The van der Waals surface area contributed by atoms with E-state index in [1.165, 1.54) is 25.0 Å². The van der Waals surface area contributed by atoms with Gasteiger partial charge in [-0.15, -0.1) is 0 Å². The van der Waals surface area contributed by atoms with E-state index in [-0.39, 0.29) is 5.82 Å². The van der Waals surface area contributed by atoms with Crippen LogP contribution in [0.4, 0.5) is 10.1 Å². The van der Waals surface area contributed by atoms with Gasteiger partial charge in [0.05, 0.1) is 11.6 Å². The van der Waals surface area contributed by atoms with Crippen LogP contribution in [0.2, 0.25) is 0 Å². The summed E-state index contributed by atoms with van der Waals surface area (Å²) in [4.78, 5) is 0. The summed E-state index contributed by atoms with van der Waals surface area (Å²) in [5.41, 5.74) is 1.06. The van der Waals surface area contributed by atoms with Crippen molar-refractivity contribution in [3.05, 3.63) is 29.6 Å². The number of hydrogen-bond donors (Lipinski definition) is 1. The van der Waals surface area contributed by atoms with Gasteiger partial charge in [0.2, 0.25) is 0 Å². The second-order valence-electron chi connectivity index (χ2n) is 4.11. The summed E-state index contributed by atoms with van der Waals surface area (Å²) in [6.07, 6.45) is 2.49. The summed E-state index contributed by atoms with van der Waals surface area (Å²) in [6, 6.07) is 6.66. The minimum Gasteiger partial charge on any atom is -0.382 e. The van der Waals surface area contributed by atoms with E-state index < -0.39 is 0 Å². The molecule has 0 radical (unpaired) electrons. The third-order valence-corrected chi connectivity index (χ3v) is 2.75. The highest BCUT2D eigenvalue weighted by Gasteiger charge is 2.27. The molecule has 0 aliphatic heterocycles. The number of nitriles is 1. The Kier molecular flexibility index (Phi) is 2.59. The average Bonchev–Trinajstić information content (AvgIpc) is 2.99. The molecule has 1 aliphatic rings. The molecular formula is C12H13FN2. The van der Waals surface area contributed by atoms with Crippen molar-refractivity contribution in [2.45, 2.75) is 25.8 Å². The highest BCUT2D eigenvalue weighted by Crippen LogP contribution is 2.34. The molecule has 1 aromatic rings. The summed E-state index contributed by atoms with van der Waals surface area (Å²) in [6.45, 7) is 2.09. The maximum absolute atomic E-state index is 13.1. The Morgan fingerprint density at radius 3 is 2.80 bits per heavy atom. The zero-order valence-electron chi connectivity index (χ0n) is 8.63. The smallest absolute Gasteiger partial charge is 0.126 e. The zero-order valence-corrected chi connectivity index (χ0v) is 8.63. The first-order valence-corrected chi connectivity index (χ1v) is 5.16. The molecule has 1 unspecified atom stereocenters. The van der Waals surface area contributed by atoms with Crippen LogP contribution in [0.15, 0.2) is 18.2 Å². The van der Waals surface area contributed by atoms with Gasteiger partial charge in [-0.1, -0.05) is 0 Å². The number of nitrogens with one attached hydrogen (secondary N) is 1. The molecule has 1 N–H and O–H groups in total. The number of hydrogen-bond acceptors (Lipinski definition) is 2. The standard InChI is InChI=1S/C12H13FN2/c1-8(10-2-3-10)15-12-5-9(7-14)4-11(13)6-12/h4-6,8,10,15H,2-3H2,1H3. The van der Waals surface area contributed by atoms with Crippen molar-refractivity contribution >= 4 is 5.69 Å². The fourth-order valence-corrected chi connectivity index (χ4v) is 1.71. The molecule has 3 heteroatoms. The van der Waals surface area contributed by atoms with Gasteiger partial charge in [0.1, 0.15) is 5.82 Å². The van der Waals surface area contributed by atoms with Gasteiger partial charge in [-0.3, -0.25) is 0 Å². The van der Waals surface area contributed by atoms with Crippen LogP contribution in [0.25, 0.3) is 0 Å². The van der Waals surface area contributed by atoms with Crippen molar-refractivity contribution in [2.24, 2.45) is 5.92 Å². The van der Waals surface area contributed by atoms with E-state index in [9.17, 15) is 4.39 Å². The molecular weight excluding hydrogens is 191 g/mol. The third-order valence-electron chi connectivity index (χ3n) is 2.75. The summed E-state index contributed by atoms with van der Waals surface area (Å²) in [7, 11) is 0. The first kappa shape index (κ1) is 9.97. The number of halogens is 1. The Bertz CT molecular complexity index is 405. The van der Waals surface area contributed by atoms with Crippen LogP contribution in [0.1, 0.15) is 25.3 Å². The average molecular weight is 204 g/mol. The SMILES string of the molecule is CC(Nc1cc(F)cc(C#N)c1)C1CC1. The Hall–Kier alpha value is -1.56. The van der Waals surface area contributed by atoms with E-state index >= 15 is 0 Å². The maximum Gasteiger partial charge on any atom is 0.126 e. The zero-order chi connectivity index (χ0) is 10.8. The van der Waals surface area contributed by atoms with Gasteiger partial charge < -0.3 is 5.32 Å². The fourth-order valence-electron chi connectivity index (χ4n) is 1.71. The van der Waals surface area contributed by atoms with Crippen LogP contribution in [0.5, 0.6) is 0 Å². The normalized spacial score (nSPS) is 16.9. The van der Waals surface area contributed by atoms with Gasteiger partial charge in [0, 0.05) is 11.7 Å².